The number of hydrogen-bond donors (Lipinski definition) is 5. The predicted octanol–water partition coefficient (Wildman–Crippen LogP) is 2.45. The highest BCUT2D eigenvalue weighted by Gasteiger charge is 2.07. The molecule has 3 aromatic rings. The van der Waals surface area contributed by atoms with E-state index in [4.69, 9.17) is 5.11 Å². The van der Waals surface area contributed by atoms with Gasteiger partial charge in [-0.05, 0) is 31.9 Å². The van der Waals surface area contributed by atoms with Gasteiger partial charge < -0.3 is 26.2 Å². The number of carbonyl (C=O) groups is 2. The maximum atomic E-state index is 11.6. The van der Waals surface area contributed by atoms with Crippen LogP contribution in [0.25, 0.3) is 0 Å². The summed E-state index contributed by atoms with van der Waals surface area (Å²) in [6, 6.07) is 5.32. The Labute approximate surface area is 190 Å². The fourth-order valence-electron chi connectivity index (χ4n) is 2.76. The second-order valence-electron chi connectivity index (χ2n) is 6.79. The van der Waals surface area contributed by atoms with Gasteiger partial charge >= 0.3 is 0 Å². The zero-order chi connectivity index (χ0) is 23.5. The molecular formula is C21H28N6O4S. The molecule has 5 N–H and O–H groups in total. The minimum atomic E-state index is -0.171. The highest BCUT2D eigenvalue weighted by Crippen LogP contribution is 2.27. The number of benzene rings is 1. The second-order valence-corrected chi connectivity index (χ2v) is 7.85. The quantitative estimate of drug-likeness (QED) is 0.242. The number of aliphatic hydroxyl groups is 1. The number of anilines is 3. The molecular weight excluding hydrogens is 432 g/mol. The van der Waals surface area contributed by atoms with E-state index in [0.717, 1.165) is 23.1 Å². The number of carbonyl (C=O) groups excluding carboxylic acids is 2. The van der Waals surface area contributed by atoms with Crippen LogP contribution in [-0.4, -0.2) is 57.4 Å². The van der Waals surface area contributed by atoms with Crippen LogP contribution in [0, 0.1) is 13.8 Å². The Morgan fingerprint density at radius 1 is 1.28 bits per heavy atom. The Hall–Kier alpha value is -3.44. The molecule has 0 unspecified atom stereocenters. The van der Waals surface area contributed by atoms with Gasteiger partial charge in [0, 0.05) is 43.7 Å². The van der Waals surface area contributed by atoms with E-state index in [9.17, 15) is 14.7 Å². The summed E-state index contributed by atoms with van der Waals surface area (Å²) < 4.78 is 1.49. The molecule has 32 heavy (non-hydrogen) atoms. The van der Waals surface area contributed by atoms with E-state index in [1.165, 1.54) is 22.2 Å². The van der Waals surface area contributed by atoms with Crippen LogP contribution in [0.4, 0.5) is 16.6 Å². The largest absolute Gasteiger partial charge is 0.508 e. The highest BCUT2D eigenvalue weighted by atomic mass is 32.1. The van der Waals surface area contributed by atoms with E-state index >= 15 is 0 Å². The van der Waals surface area contributed by atoms with Gasteiger partial charge in [0.2, 0.25) is 5.91 Å². The fourth-order valence-corrected chi connectivity index (χ4v) is 3.39. The summed E-state index contributed by atoms with van der Waals surface area (Å²) in [4.78, 5) is 26.7. The van der Waals surface area contributed by atoms with E-state index in [1.807, 2.05) is 27.0 Å². The number of rotatable bonds is 9. The zero-order valence-corrected chi connectivity index (χ0v) is 19.1. The van der Waals surface area contributed by atoms with Gasteiger partial charge in [-0.3, -0.25) is 14.3 Å². The summed E-state index contributed by atoms with van der Waals surface area (Å²) in [6.45, 7) is 4.50. The molecule has 3 rings (SSSR count). The molecule has 0 saturated carbocycles. The summed E-state index contributed by atoms with van der Waals surface area (Å²) in [5.41, 5.74) is 3.08. The molecule has 11 heteroatoms. The van der Waals surface area contributed by atoms with Crippen molar-refractivity contribution in [3.05, 3.63) is 46.6 Å². The van der Waals surface area contributed by atoms with Crippen LogP contribution in [0.3, 0.4) is 0 Å². The van der Waals surface area contributed by atoms with Crippen molar-refractivity contribution in [1.82, 2.24) is 20.1 Å². The molecule has 0 atom stereocenters. The lowest BCUT2D eigenvalue weighted by Crippen LogP contribution is -2.29. The molecule has 0 bridgehead atoms. The van der Waals surface area contributed by atoms with Gasteiger partial charge in [-0.25, -0.2) is 4.98 Å². The maximum absolute atomic E-state index is 11.6. The summed E-state index contributed by atoms with van der Waals surface area (Å²) in [7, 11) is 1.86. The minimum Gasteiger partial charge on any atom is -0.508 e. The van der Waals surface area contributed by atoms with Crippen LogP contribution < -0.4 is 16.0 Å². The van der Waals surface area contributed by atoms with Crippen LogP contribution in [-0.2, 0) is 11.3 Å². The van der Waals surface area contributed by atoms with Gasteiger partial charge in [-0.2, -0.15) is 5.10 Å². The van der Waals surface area contributed by atoms with Crippen molar-refractivity contribution in [2.45, 2.75) is 26.8 Å². The molecule has 0 saturated heterocycles. The fraction of sp³-hybridized carbons (Fsp3) is 0.333. The number of thiazole rings is 1. The number of amides is 1. The Kier molecular flexibility index (Phi) is 9.64. The molecule has 1 aromatic carbocycles. The minimum absolute atomic E-state index is 0.0483. The molecule has 172 valence electrons. The Morgan fingerprint density at radius 3 is 2.69 bits per heavy atom. The van der Waals surface area contributed by atoms with E-state index in [0.29, 0.717) is 34.5 Å². The monoisotopic (exact) mass is 460 g/mol. The predicted molar refractivity (Wildman–Crippen MR) is 125 cm³/mol. The standard InChI is InChI=1S/C12H15N5O3S.C9H13NO/c18-5-1-3-13-11(20)7-17-4-2-10(16-17)15-12-14-6-9(8-19)21-12;1-6-4-5-8(11)7(2)9(6)10-3/h2,4,6,8,18H,1,3,5,7H2,(H,13,20)(H,14,15,16);4-5,10-11H,1-3H3. The molecule has 1 amide bonds. The average molecular weight is 461 g/mol. The molecule has 2 heterocycles. The first-order valence-electron chi connectivity index (χ1n) is 9.93. The van der Waals surface area contributed by atoms with Crippen molar-refractivity contribution in [1.29, 1.82) is 0 Å². The van der Waals surface area contributed by atoms with Crippen molar-refractivity contribution in [3.8, 4) is 5.75 Å². The van der Waals surface area contributed by atoms with Gasteiger partial charge in [0.1, 0.15) is 12.3 Å². The number of aromatic hydroxyl groups is 1. The van der Waals surface area contributed by atoms with Gasteiger partial charge in [0.05, 0.1) is 11.1 Å². The van der Waals surface area contributed by atoms with Gasteiger partial charge in [-0.15, -0.1) is 0 Å². The summed E-state index contributed by atoms with van der Waals surface area (Å²) >= 11 is 1.22. The second kappa shape index (κ2) is 12.4. The Morgan fingerprint density at radius 2 is 2.06 bits per heavy atom. The third-order valence-corrected chi connectivity index (χ3v) is 5.21. The SMILES string of the molecule is CNc1c(C)ccc(O)c1C.O=Cc1cnc(Nc2ccn(CC(=O)NCCCO)n2)s1. The molecule has 0 aliphatic rings. The van der Waals surface area contributed by atoms with Gasteiger partial charge in [0.25, 0.3) is 0 Å². The lowest BCUT2D eigenvalue weighted by molar-refractivity contribution is -0.121. The third-order valence-electron chi connectivity index (χ3n) is 4.37. The first kappa shape index (κ1) is 24.8. The number of aldehydes is 1. The number of nitrogens with zero attached hydrogens (tertiary/aromatic N) is 3. The number of phenols is 1. The van der Waals surface area contributed by atoms with Crippen molar-refractivity contribution in [2.75, 3.05) is 30.8 Å². The third kappa shape index (κ3) is 7.36. The summed E-state index contributed by atoms with van der Waals surface area (Å²) in [6.07, 6.45) is 4.41. The van der Waals surface area contributed by atoms with Crippen LogP contribution >= 0.6 is 11.3 Å². The number of phenolic OH excluding ortho intramolecular Hbond substituents is 1. The van der Waals surface area contributed by atoms with Crippen molar-refractivity contribution >= 4 is 40.2 Å². The molecule has 10 nitrogen and oxygen atoms in total. The number of aryl methyl sites for hydroxylation is 1. The normalized spacial score (nSPS) is 10.1. The number of aromatic nitrogens is 3. The first-order valence-corrected chi connectivity index (χ1v) is 10.8. The maximum Gasteiger partial charge on any atom is 0.241 e. The van der Waals surface area contributed by atoms with Gasteiger partial charge in [0.15, 0.2) is 17.2 Å². The highest BCUT2D eigenvalue weighted by molar-refractivity contribution is 7.17. The van der Waals surface area contributed by atoms with Crippen LogP contribution in [0.2, 0.25) is 0 Å². The van der Waals surface area contributed by atoms with Crippen LogP contribution in [0.15, 0.2) is 30.6 Å². The van der Waals surface area contributed by atoms with E-state index in [-0.39, 0.29) is 19.1 Å². The van der Waals surface area contributed by atoms with Crippen LogP contribution in [0.5, 0.6) is 5.75 Å². The van der Waals surface area contributed by atoms with Crippen molar-refractivity contribution in [2.24, 2.45) is 0 Å². The van der Waals surface area contributed by atoms with Crippen LogP contribution in [0.1, 0.15) is 27.2 Å². The molecule has 0 fully saturated rings. The average Bonchev–Trinajstić information content (AvgIpc) is 3.41. The van der Waals surface area contributed by atoms with Crippen molar-refractivity contribution in [3.63, 3.8) is 0 Å². The zero-order valence-electron chi connectivity index (χ0n) is 18.3. The van der Waals surface area contributed by atoms with E-state index < -0.39 is 0 Å². The topological polar surface area (TPSA) is 141 Å². The van der Waals surface area contributed by atoms with E-state index in [1.54, 1.807) is 18.3 Å². The molecule has 0 aliphatic heterocycles. The Balaban J connectivity index is 0.000000278. The lowest BCUT2D eigenvalue weighted by atomic mass is 10.1. The molecule has 0 radical (unpaired) electrons. The Bertz CT molecular complexity index is 1030. The van der Waals surface area contributed by atoms with Gasteiger partial charge in [-0.1, -0.05) is 17.4 Å². The smallest absolute Gasteiger partial charge is 0.241 e. The number of nitrogens with one attached hydrogen (secondary N) is 3. The lowest BCUT2D eigenvalue weighted by Gasteiger charge is -2.09. The number of hydrogen-bond acceptors (Lipinski definition) is 9. The molecule has 0 aliphatic carbocycles. The van der Waals surface area contributed by atoms with Crippen molar-refractivity contribution < 1.29 is 19.8 Å². The van der Waals surface area contributed by atoms with E-state index in [2.05, 4.69) is 26.0 Å². The molecule has 0 spiro atoms. The summed E-state index contributed by atoms with van der Waals surface area (Å²) in [5.74, 6) is 0.723. The first-order chi connectivity index (χ1) is 15.4. The molecule has 2 aromatic heterocycles. The summed E-state index contributed by atoms with van der Waals surface area (Å²) in [5, 5.41) is 31.4. The number of aliphatic hydroxyl groups excluding tert-OH is 1.